The average Bonchev–Trinajstić information content (AvgIpc) is 2.83. The van der Waals surface area contributed by atoms with Crippen LogP contribution in [0.5, 0.6) is 0 Å². The zero-order valence-corrected chi connectivity index (χ0v) is 11.8. The molecule has 1 aliphatic heterocycles. The van der Waals surface area contributed by atoms with Gasteiger partial charge >= 0.3 is 5.97 Å². The van der Waals surface area contributed by atoms with Gasteiger partial charge in [0.1, 0.15) is 0 Å². The van der Waals surface area contributed by atoms with E-state index in [4.69, 9.17) is 5.11 Å². The van der Waals surface area contributed by atoms with Gasteiger partial charge in [-0.1, -0.05) is 13.8 Å². The maximum absolute atomic E-state index is 12.6. The molecule has 0 aromatic rings. The minimum atomic E-state index is -0.978. The number of likely N-dealkylation sites (tertiary alicyclic amines) is 1. The van der Waals surface area contributed by atoms with Gasteiger partial charge in [0, 0.05) is 30.2 Å². The number of aliphatic carboxylic acids is 1. The van der Waals surface area contributed by atoms with Crippen molar-refractivity contribution in [3.05, 3.63) is 23.4 Å². The summed E-state index contributed by atoms with van der Waals surface area (Å²) in [7, 11) is 0. The second-order valence-corrected chi connectivity index (χ2v) is 5.97. The summed E-state index contributed by atoms with van der Waals surface area (Å²) < 4.78 is 0. The Morgan fingerprint density at radius 2 is 1.85 bits per heavy atom. The minimum absolute atomic E-state index is 0.175. The lowest BCUT2D eigenvalue weighted by molar-refractivity contribution is -0.138. The van der Waals surface area contributed by atoms with Gasteiger partial charge < -0.3 is 10.0 Å². The lowest BCUT2D eigenvalue weighted by Gasteiger charge is -2.30. The second kappa shape index (κ2) is 5.23. The summed E-state index contributed by atoms with van der Waals surface area (Å²) in [5, 5.41) is 8.96. The lowest BCUT2D eigenvalue weighted by atomic mass is 9.76. The first kappa shape index (κ1) is 14.5. The molecule has 0 aromatic heterocycles. The fourth-order valence-corrected chi connectivity index (χ4v) is 2.76. The van der Waals surface area contributed by atoms with E-state index in [9.17, 15) is 14.4 Å². The van der Waals surface area contributed by atoms with Gasteiger partial charge in [-0.25, -0.2) is 0 Å². The largest absolute Gasteiger partial charge is 0.481 e. The van der Waals surface area contributed by atoms with E-state index in [1.165, 1.54) is 12.2 Å². The number of carboxylic acids is 1. The van der Waals surface area contributed by atoms with E-state index in [0.29, 0.717) is 11.3 Å². The first-order chi connectivity index (χ1) is 9.31. The van der Waals surface area contributed by atoms with Crippen molar-refractivity contribution >= 4 is 17.5 Å². The molecule has 2 aliphatic rings. The summed E-state index contributed by atoms with van der Waals surface area (Å²) >= 11 is 0. The Morgan fingerprint density at radius 3 is 2.40 bits per heavy atom. The predicted octanol–water partition coefficient (Wildman–Crippen LogP) is 1.55. The number of nitrogens with zero attached hydrogens (tertiary/aromatic N) is 1. The average molecular weight is 277 g/mol. The van der Waals surface area contributed by atoms with Crippen molar-refractivity contribution in [2.45, 2.75) is 33.1 Å². The molecule has 0 aromatic carbocycles. The quantitative estimate of drug-likeness (QED) is 0.789. The van der Waals surface area contributed by atoms with Gasteiger partial charge in [-0.15, -0.1) is 0 Å². The van der Waals surface area contributed by atoms with E-state index in [-0.39, 0.29) is 18.0 Å². The van der Waals surface area contributed by atoms with E-state index in [1.807, 2.05) is 4.90 Å². The maximum Gasteiger partial charge on any atom is 0.304 e. The van der Waals surface area contributed by atoms with Gasteiger partial charge in [0.25, 0.3) is 0 Å². The van der Waals surface area contributed by atoms with Crippen LogP contribution in [-0.2, 0) is 14.4 Å². The molecule has 1 saturated heterocycles. The van der Waals surface area contributed by atoms with Crippen molar-refractivity contribution in [3.8, 4) is 0 Å². The van der Waals surface area contributed by atoms with Crippen molar-refractivity contribution in [1.29, 1.82) is 0 Å². The molecule has 1 N–H and O–H groups in total. The molecule has 0 spiro atoms. The normalized spacial score (nSPS) is 20.0. The zero-order valence-electron chi connectivity index (χ0n) is 11.8. The molecule has 0 radical (unpaired) electrons. The predicted molar refractivity (Wildman–Crippen MR) is 73.0 cm³/mol. The van der Waals surface area contributed by atoms with Crippen molar-refractivity contribution in [2.75, 3.05) is 13.1 Å². The highest BCUT2D eigenvalue weighted by Crippen LogP contribution is 2.35. The number of rotatable bonds is 4. The van der Waals surface area contributed by atoms with E-state index in [2.05, 4.69) is 0 Å². The molecule has 2 rings (SSSR count). The Kier molecular flexibility index (Phi) is 3.79. The molecular formula is C15H19NO4. The maximum atomic E-state index is 12.6. The fourth-order valence-electron chi connectivity index (χ4n) is 2.76. The number of ketones is 2. The number of Topliss-reactive ketones (excluding diaryl/α,β-unsaturated/α-hetero) is 1. The Bertz CT molecular complexity index is 522. The third-order valence-electron chi connectivity index (χ3n) is 3.81. The van der Waals surface area contributed by atoms with E-state index in [1.54, 1.807) is 13.8 Å². The van der Waals surface area contributed by atoms with Crippen LogP contribution in [0.25, 0.3) is 0 Å². The van der Waals surface area contributed by atoms with Crippen molar-refractivity contribution < 1.29 is 19.5 Å². The van der Waals surface area contributed by atoms with Crippen LogP contribution < -0.4 is 0 Å². The van der Waals surface area contributed by atoms with Crippen molar-refractivity contribution in [2.24, 2.45) is 5.41 Å². The Balaban J connectivity index is 2.29. The second-order valence-electron chi connectivity index (χ2n) is 5.97. The van der Waals surface area contributed by atoms with Gasteiger partial charge in [-0.05, 0) is 18.9 Å². The molecule has 1 fully saturated rings. The first-order valence-electron chi connectivity index (χ1n) is 6.80. The third-order valence-corrected chi connectivity index (χ3v) is 3.81. The molecule has 20 heavy (non-hydrogen) atoms. The van der Waals surface area contributed by atoms with Gasteiger partial charge in [0.05, 0.1) is 12.1 Å². The monoisotopic (exact) mass is 277 g/mol. The molecule has 0 amide bonds. The SMILES string of the molecule is CC(C)(CC(=O)O)C1=CC(=O)C=C(N2CCCC2)C1=O. The van der Waals surface area contributed by atoms with E-state index < -0.39 is 11.4 Å². The topological polar surface area (TPSA) is 74.7 Å². The van der Waals surface area contributed by atoms with E-state index >= 15 is 0 Å². The van der Waals surface area contributed by atoms with Crippen LogP contribution in [0.1, 0.15) is 33.1 Å². The minimum Gasteiger partial charge on any atom is -0.481 e. The van der Waals surface area contributed by atoms with Gasteiger partial charge in [0.2, 0.25) is 5.78 Å². The first-order valence-corrected chi connectivity index (χ1v) is 6.80. The standard InChI is InChI=1S/C15H19NO4/c1-15(2,9-13(18)19)11-7-10(17)8-12(14(11)20)16-5-3-4-6-16/h7-8H,3-6,9H2,1-2H3,(H,18,19). The van der Waals surface area contributed by atoms with Crippen molar-refractivity contribution in [1.82, 2.24) is 4.90 Å². The summed E-state index contributed by atoms with van der Waals surface area (Å²) in [6.07, 6.45) is 4.50. The smallest absolute Gasteiger partial charge is 0.304 e. The Morgan fingerprint density at radius 1 is 1.25 bits per heavy atom. The summed E-state index contributed by atoms with van der Waals surface area (Å²) in [4.78, 5) is 37.3. The van der Waals surface area contributed by atoms with Crippen LogP contribution in [0.2, 0.25) is 0 Å². The van der Waals surface area contributed by atoms with Crippen LogP contribution in [0.3, 0.4) is 0 Å². The number of hydrogen-bond acceptors (Lipinski definition) is 4. The number of carbonyl (C=O) groups is 3. The molecule has 1 heterocycles. The number of allylic oxidation sites excluding steroid dienone is 3. The number of hydrogen-bond donors (Lipinski definition) is 1. The number of carboxylic acid groups (broad SMARTS) is 1. The van der Waals surface area contributed by atoms with Gasteiger partial charge in [-0.3, -0.25) is 14.4 Å². The molecule has 0 atom stereocenters. The van der Waals surface area contributed by atoms with Crippen LogP contribution in [0, 0.1) is 5.41 Å². The Hall–Kier alpha value is -1.91. The summed E-state index contributed by atoms with van der Waals surface area (Å²) in [6.45, 7) is 4.92. The van der Waals surface area contributed by atoms with E-state index in [0.717, 1.165) is 25.9 Å². The van der Waals surface area contributed by atoms with Gasteiger partial charge in [-0.2, -0.15) is 0 Å². The molecule has 1 aliphatic carbocycles. The van der Waals surface area contributed by atoms with Crippen LogP contribution >= 0.6 is 0 Å². The molecule has 0 unspecified atom stereocenters. The molecule has 108 valence electrons. The zero-order chi connectivity index (χ0) is 14.9. The molecule has 5 nitrogen and oxygen atoms in total. The number of carbonyl (C=O) groups excluding carboxylic acids is 2. The fraction of sp³-hybridized carbons (Fsp3) is 0.533. The summed E-state index contributed by atoms with van der Waals surface area (Å²) in [6, 6.07) is 0. The van der Waals surface area contributed by atoms with Crippen LogP contribution in [0.15, 0.2) is 23.4 Å². The highest BCUT2D eigenvalue weighted by molar-refractivity contribution is 6.20. The third kappa shape index (κ3) is 2.81. The Labute approximate surface area is 117 Å². The molecule has 0 saturated carbocycles. The van der Waals surface area contributed by atoms with Gasteiger partial charge in [0.15, 0.2) is 5.78 Å². The highest BCUT2D eigenvalue weighted by Gasteiger charge is 2.37. The summed E-state index contributed by atoms with van der Waals surface area (Å²) in [5.74, 6) is -1.42. The molecular weight excluding hydrogens is 258 g/mol. The van der Waals surface area contributed by atoms with Crippen molar-refractivity contribution in [3.63, 3.8) is 0 Å². The van der Waals surface area contributed by atoms with Crippen LogP contribution in [-0.4, -0.2) is 40.6 Å². The lowest BCUT2D eigenvalue weighted by Crippen LogP contribution is -2.34. The summed E-state index contributed by atoms with van der Waals surface area (Å²) in [5.41, 5.74) is -0.129. The molecule has 0 bridgehead atoms. The molecule has 5 heteroatoms. The van der Waals surface area contributed by atoms with Crippen LogP contribution in [0.4, 0.5) is 0 Å². The highest BCUT2D eigenvalue weighted by atomic mass is 16.4.